The number of nitrogens with zero attached hydrogens (tertiary/aromatic N) is 1. The molecule has 0 aliphatic heterocycles. The Labute approximate surface area is 128 Å². The van der Waals surface area contributed by atoms with Gasteiger partial charge in [-0.25, -0.2) is 0 Å². The van der Waals surface area contributed by atoms with Crippen LogP contribution in [0.2, 0.25) is 0 Å². The van der Waals surface area contributed by atoms with Crippen molar-refractivity contribution in [2.45, 2.75) is 26.4 Å². The highest BCUT2D eigenvalue weighted by Gasteiger charge is 2.07. The van der Waals surface area contributed by atoms with Crippen LogP contribution in [0.3, 0.4) is 0 Å². The smallest absolute Gasteiger partial charge is 0.251 e. The first kappa shape index (κ1) is 15.1. The van der Waals surface area contributed by atoms with E-state index in [1.807, 2.05) is 44.2 Å². The standard InChI is InChI=1S/C16H17N3OS/c1-11(2)19-16(20)12-4-3-5-13(8-12)18-10-15-7-6-14(9-17)21-15/h3-8,11,18H,10H2,1-2H3,(H,19,20). The molecule has 0 bridgehead atoms. The zero-order chi connectivity index (χ0) is 15.2. The van der Waals surface area contributed by atoms with Crippen LogP contribution in [-0.2, 0) is 6.54 Å². The fraction of sp³-hybridized carbons (Fsp3) is 0.250. The number of nitrogens with one attached hydrogen (secondary N) is 2. The molecule has 21 heavy (non-hydrogen) atoms. The molecule has 0 unspecified atom stereocenters. The Bertz CT molecular complexity index is 670. The first-order chi connectivity index (χ1) is 10.1. The molecule has 1 heterocycles. The SMILES string of the molecule is CC(C)NC(=O)c1cccc(NCc2ccc(C#N)s2)c1. The minimum absolute atomic E-state index is 0.0726. The van der Waals surface area contributed by atoms with Gasteiger partial charge in [-0.15, -0.1) is 11.3 Å². The van der Waals surface area contributed by atoms with Crippen molar-refractivity contribution in [3.8, 4) is 6.07 Å². The molecule has 2 rings (SSSR count). The number of hydrogen-bond donors (Lipinski definition) is 2. The minimum atomic E-state index is -0.0726. The lowest BCUT2D eigenvalue weighted by molar-refractivity contribution is 0.0943. The van der Waals surface area contributed by atoms with E-state index in [1.165, 1.54) is 11.3 Å². The molecule has 0 fully saturated rings. The molecule has 1 aromatic heterocycles. The number of rotatable bonds is 5. The maximum Gasteiger partial charge on any atom is 0.251 e. The summed E-state index contributed by atoms with van der Waals surface area (Å²) in [4.78, 5) is 13.7. The van der Waals surface area contributed by atoms with Crippen molar-refractivity contribution >= 4 is 22.9 Å². The lowest BCUT2D eigenvalue weighted by atomic mass is 10.1. The van der Waals surface area contributed by atoms with Gasteiger partial charge >= 0.3 is 0 Å². The van der Waals surface area contributed by atoms with Gasteiger partial charge < -0.3 is 10.6 Å². The molecule has 0 saturated carbocycles. The molecule has 0 saturated heterocycles. The van der Waals surface area contributed by atoms with Crippen molar-refractivity contribution < 1.29 is 4.79 Å². The van der Waals surface area contributed by atoms with Gasteiger partial charge in [-0.2, -0.15) is 5.26 Å². The molecular weight excluding hydrogens is 282 g/mol. The molecule has 5 heteroatoms. The van der Waals surface area contributed by atoms with Crippen LogP contribution in [0.4, 0.5) is 5.69 Å². The van der Waals surface area contributed by atoms with E-state index in [2.05, 4.69) is 16.7 Å². The second kappa shape index (κ2) is 6.91. The van der Waals surface area contributed by atoms with Crippen molar-refractivity contribution in [2.75, 3.05) is 5.32 Å². The van der Waals surface area contributed by atoms with Crippen LogP contribution in [0.25, 0.3) is 0 Å². The highest BCUT2D eigenvalue weighted by molar-refractivity contribution is 7.12. The molecule has 0 atom stereocenters. The molecule has 108 valence electrons. The van der Waals surface area contributed by atoms with Crippen LogP contribution in [0.1, 0.15) is 34.0 Å². The van der Waals surface area contributed by atoms with Crippen LogP contribution in [-0.4, -0.2) is 11.9 Å². The molecular formula is C16H17N3OS. The molecule has 2 N–H and O–H groups in total. The number of carbonyl (C=O) groups excluding carboxylic acids is 1. The van der Waals surface area contributed by atoms with E-state index in [0.717, 1.165) is 10.6 Å². The summed E-state index contributed by atoms with van der Waals surface area (Å²) in [7, 11) is 0. The molecule has 0 aliphatic rings. The van der Waals surface area contributed by atoms with E-state index < -0.39 is 0 Å². The predicted octanol–water partition coefficient (Wildman–Crippen LogP) is 3.37. The van der Waals surface area contributed by atoms with E-state index in [1.54, 1.807) is 6.07 Å². The van der Waals surface area contributed by atoms with Crippen LogP contribution in [0.5, 0.6) is 0 Å². The van der Waals surface area contributed by atoms with Crippen LogP contribution in [0.15, 0.2) is 36.4 Å². The zero-order valence-electron chi connectivity index (χ0n) is 12.0. The van der Waals surface area contributed by atoms with E-state index >= 15 is 0 Å². The average Bonchev–Trinajstić information content (AvgIpc) is 2.93. The normalized spacial score (nSPS) is 10.2. The largest absolute Gasteiger partial charge is 0.380 e. The number of thiophene rings is 1. The Morgan fingerprint density at radius 1 is 1.33 bits per heavy atom. The summed E-state index contributed by atoms with van der Waals surface area (Å²) in [5, 5.41) is 14.9. The number of benzene rings is 1. The van der Waals surface area contributed by atoms with Gasteiger partial charge in [0.2, 0.25) is 0 Å². The van der Waals surface area contributed by atoms with Crippen LogP contribution in [0, 0.1) is 11.3 Å². The Morgan fingerprint density at radius 2 is 2.14 bits per heavy atom. The molecule has 1 aromatic carbocycles. The van der Waals surface area contributed by atoms with Gasteiger partial charge in [-0.3, -0.25) is 4.79 Å². The summed E-state index contributed by atoms with van der Waals surface area (Å²) in [5.41, 5.74) is 1.52. The summed E-state index contributed by atoms with van der Waals surface area (Å²) >= 11 is 1.47. The third-order valence-corrected chi connectivity index (χ3v) is 3.77. The highest BCUT2D eigenvalue weighted by atomic mass is 32.1. The average molecular weight is 299 g/mol. The maximum absolute atomic E-state index is 12.0. The van der Waals surface area contributed by atoms with Crippen LogP contribution < -0.4 is 10.6 Å². The van der Waals surface area contributed by atoms with Crippen molar-refractivity contribution in [1.82, 2.24) is 5.32 Å². The molecule has 0 aliphatic carbocycles. The second-order valence-electron chi connectivity index (χ2n) is 4.94. The van der Waals surface area contributed by atoms with Gasteiger partial charge in [-0.05, 0) is 44.2 Å². The Balaban J connectivity index is 2.01. The number of anilines is 1. The van der Waals surface area contributed by atoms with E-state index in [0.29, 0.717) is 17.0 Å². The second-order valence-corrected chi connectivity index (χ2v) is 6.11. The summed E-state index contributed by atoms with van der Waals surface area (Å²) in [6, 6.07) is 13.4. The molecule has 1 amide bonds. The minimum Gasteiger partial charge on any atom is -0.380 e. The van der Waals surface area contributed by atoms with Crippen LogP contribution >= 0.6 is 11.3 Å². The quantitative estimate of drug-likeness (QED) is 0.889. The molecule has 0 spiro atoms. The number of nitriles is 1. The fourth-order valence-corrected chi connectivity index (χ4v) is 2.58. The van der Waals surface area contributed by atoms with Gasteiger partial charge in [0.25, 0.3) is 5.91 Å². The topological polar surface area (TPSA) is 64.9 Å². The van der Waals surface area contributed by atoms with E-state index in [9.17, 15) is 4.79 Å². The first-order valence-corrected chi connectivity index (χ1v) is 7.54. The summed E-state index contributed by atoms with van der Waals surface area (Å²) in [6.45, 7) is 4.51. The predicted molar refractivity (Wildman–Crippen MR) is 85.4 cm³/mol. The van der Waals surface area contributed by atoms with Gasteiger partial charge in [0.05, 0.1) is 0 Å². The van der Waals surface area contributed by atoms with Gasteiger partial charge in [0, 0.05) is 28.7 Å². The lowest BCUT2D eigenvalue weighted by Crippen LogP contribution is -2.30. The van der Waals surface area contributed by atoms with Gasteiger partial charge in [0.15, 0.2) is 0 Å². The van der Waals surface area contributed by atoms with E-state index in [4.69, 9.17) is 5.26 Å². The highest BCUT2D eigenvalue weighted by Crippen LogP contribution is 2.18. The van der Waals surface area contributed by atoms with Crippen molar-refractivity contribution in [3.05, 3.63) is 51.7 Å². The summed E-state index contributed by atoms with van der Waals surface area (Å²) < 4.78 is 0. The Hall–Kier alpha value is -2.32. The first-order valence-electron chi connectivity index (χ1n) is 6.72. The lowest BCUT2D eigenvalue weighted by Gasteiger charge is -2.10. The Kier molecular flexibility index (Phi) is 4.96. The van der Waals surface area contributed by atoms with Crippen molar-refractivity contribution in [3.63, 3.8) is 0 Å². The molecule has 2 aromatic rings. The summed E-state index contributed by atoms with van der Waals surface area (Å²) in [5.74, 6) is -0.0726. The monoisotopic (exact) mass is 299 g/mol. The van der Waals surface area contributed by atoms with Gasteiger partial charge in [0.1, 0.15) is 10.9 Å². The molecule has 4 nitrogen and oxygen atoms in total. The third kappa shape index (κ3) is 4.33. The van der Waals surface area contributed by atoms with Gasteiger partial charge in [-0.1, -0.05) is 6.07 Å². The number of hydrogen-bond acceptors (Lipinski definition) is 4. The zero-order valence-corrected chi connectivity index (χ0v) is 12.8. The fourth-order valence-electron chi connectivity index (χ4n) is 1.84. The maximum atomic E-state index is 12.0. The van der Waals surface area contributed by atoms with Crippen molar-refractivity contribution in [1.29, 1.82) is 5.26 Å². The van der Waals surface area contributed by atoms with E-state index in [-0.39, 0.29) is 11.9 Å². The molecule has 0 radical (unpaired) electrons. The Morgan fingerprint density at radius 3 is 2.81 bits per heavy atom. The van der Waals surface area contributed by atoms with Crippen molar-refractivity contribution in [2.24, 2.45) is 0 Å². The number of amides is 1. The number of carbonyl (C=O) groups is 1. The summed E-state index contributed by atoms with van der Waals surface area (Å²) in [6.07, 6.45) is 0. The third-order valence-electron chi connectivity index (χ3n) is 2.78.